The first-order valence-corrected chi connectivity index (χ1v) is 6.40. The lowest BCUT2D eigenvalue weighted by Gasteiger charge is -2.24. The predicted molar refractivity (Wildman–Crippen MR) is 70.0 cm³/mol. The molecule has 5 heteroatoms. The number of halogens is 1. The van der Waals surface area contributed by atoms with Crippen LogP contribution in [0, 0.1) is 11.8 Å². The molecular formula is C12H23ClN2O2. The summed E-state index contributed by atoms with van der Waals surface area (Å²) in [6, 6.07) is -0.455. The van der Waals surface area contributed by atoms with Crippen molar-refractivity contribution in [2.45, 2.75) is 33.2 Å². The quantitative estimate of drug-likeness (QED) is 0.737. The van der Waals surface area contributed by atoms with Crippen molar-refractivity contribution in [3.05, 3.63) is 0 Å². The first kappa shape index (κ1) is 16.2. The number of hydrogen-bond donors (Lipinski definition) is 1. The first-order chi connectivity index (χ1) is 7.79. The highest BCUT2D eigenvalue weighted by atomic mass is 35.5. The van der Waals surface area contributed by atoms with E-state index in [0.717, 1.165) is 0 Å². The maximum Gasteiger partial charge on any atom is 0.244 e. The Morgan fingerprint density at radius 2 is 1.76 bits per heavy atom. The number of amides is 2. The largest absolute Gasteiger partial charge is 0.347 e. The number of nitrogens with zero attached hydrogens (tertiary/aromatic N) is 1. The molecule has 17 heavy (non-hydrogen) atoms. The van der Waals surface area contributed by atoms with E-state index in [-0.39, 0.29) is 23.6 Å². The van der Waals surface area contributed by atoms with E-state index < -0.39 is 6.04 Å². The maximum absolute atomic E-state index is 11.9. The summed E-state index contributed by atoms with van der Waals surface area (Å²) in [6.45, 7) is 5.79. The molecule has 0 aliphatic heterocycles. The highest BCUT2D eigenvalue weighted by Crippen LogP contribution is 2.08. The molecule has 0 aromatic rings. The Labute approximate surface area is 109 Å². The summed E-state index contributed by atoms with van der Waals surface area (Å²) in [5, 5.41) is 2.77. The standard InChI is InChI=1S/C12H23ClN2O2/c1-8(2)6-10(12(17)15(4)5)14-11(16)9(3)7-13/h8-10H,6-7H2,1-5H3,(H,14,16). The van der Waals surface area contributed by atoms with Gasteiger partial charge in [-0.05, 0) is 12.3 Å². The lowest BCUT2D eigenvalue weighted by Crippen LogP contribution is -2.48. The smallest absolute Gasteiger partial charge is 0.244 e. The number of carbonyl (C=O) groups excluding carboxylic acids is 2. The summed E-state index contributed by atoms with van der Waals surface area (Å²) in [4.78, 5) is 25.1. The van der Waals surface area contributed by atoms with Crippen LogP contribution in [0.2, 0.25) is 0 Å². The molecule has 0 rings (SSSR count). The molecule has 0 heterocycles. The van der Waals surface area contributed by atoms with Crippen molar-refractivity contribution in [3.63, 3.8) is 0 Å². The van der Waals surface area contributed by atoms with Crippen LogP contribution < -0.4 is 5.32 Å². The van der Waals surface area contributed by atoms with Gasteiger partial charge in [0.25, 0.3) is 0 Å². The van der Waals surface area contributed by atoms with Crippen molar-refractivity contribution in [2.75, 3.05) is 20.0 Å². The number of alkyl halides is 1. The van der Waals surface area contributed by atoms with Crippen LogP contribution >= 0.6 is 11.6 Å². The molecule has 0 aromatic heterocycles. The van der Waals surface area contributed by atoms with Crippen LogP contribution in [0.1, 0.15) is 27.2 Å². The van der Waals surface area contributed by atoms with Gasteiger partial charge in [-0.3, -0.25) is 9.59 Å². The number of rotatable bonds is 6. The summed E-state index contributed by atoms with van der Waals surface area (Å²) in [6.07, 6.45) is 0.637. The molecule has 0 saturated heterocycles. The summed E-state index contributed by atoms with van der Waals surface area (Å²) >= 11 is 5.62. The fourth-order valence-electron chi connectivity index (χ4n) is 1.39. The van der Waals surface area contributed by atoms with Gasteiger partial charge in [-0.25, -0.2) is 0 Å². The Bertz CT molecular complexity index is 267. The van der Waals surface area contributed by atoms with Gasteiger partial charge in [0, 0.05) is 25.9 Å². The molecule has 0 fully saturated rings. The molecule has 100 valence electrons. The molecule has 2 amide bonds. The van der Waals surface area contributed by atoms with Crippen LogP contribution in [-0.2, 0) is 9.59 Å². The minimum absolute atomic E-state index is 0.0752. The molecule has 0 aliphatic rings. The minimum Gasteiger partial charge on any atom is -0.347 e. The number of likely N-dealkylation sites (N-methyl/N-ethyl adjacent to an activating group) is 1. The summed E-state index contributed by atoms with van der Waals surface area (Å²) < 4.78 is 0. The van der Waals surface area contributed by atoms with E-state index in [2.05, 4.69) is 5.32 Å². The molecule has 2 unspecified atom stereocenters. The van der Waals surface area contributed by atoms with E-state index in [1.807, 2.05) is 13.8 Å². The molecule has 0 aliphatic carbocycles. The zero-order valence-corrected chi connectivity index (χ0v) is 12.0. The van der Waals surface area contributed by atoms with Crippen LogP contribution in [0.5, 0.6) is 0 Å². The Balaban J connectivity index is 4.59. The van der Waals surface area contributed by atoms with Crippen molar-refractivity contribution < 1.29 is 9.59 Å². The Hall–Kier alpha value is -0.770. The normalized spacial score (nSPS) is 14.3. The molecular weight excluding hydrogens is 240 g/mol. The van der Waals surface area contributed by atoms with Gasteiger partial charge in [0.15, 0.2) is 0 Å². The van der Waals surface area contributed by atoms with Gasteiger partial charge in [0.1, 0.15) is 6.04 Å². The van der Waals surface area contributed by atoms with Gasteiger partial charge in [-0.15, -0.1) is 11.6 Å². The molecule has 4 nitrogen and oxygen atoms in total. The molecule has 2 atom stereocenters. The van der Waals surface area contributed by atoms with Gasteiger partial charge in [0.2, 0.25) is 11.8 Å². The van der Waals surface area contributed by atoms with Gasteiger partial charge in [-0.1, -0.05) is 20.8 Å². The maximum atomic E-state index is 11.9. The Morgan fingerprint density at radius 1 is 1.24 bits per heavy atom. The number of hydrogen-bond acceptors (Lipinski definition) is 2. The van der Waals surface area contributed by atoms with E-state index in [1.54, 1.807) is 21.0 Å². The van der Waals surface area contributed by atoms with E-state index in [1.165, 1.54) is 4.90 Å². The van der Waals surface area contributed by atoms with Gasteiger partial charge in [0.05, 0.1) is 0 Å². The summed E-state index contributed by atoms with van der Waals surface area (Å²) in [7, 11) is 3.37. The van der Waals surface area contributed by atoms with Crippen LogP contribution in [0.4, 0.5) is 0 Å². The van der Waals surface area contributed by atoms with Crippen molar-refractivity contribution in [3.8, 4) is 0 Å². The third-order valence-electron chi connectivity index (χ3n) is 2.44. The first-order valence-electron chi connectivity index (χ1n) is 5.87. The monoisotopic (exact) mass is 262 g/mol. The topological polar surface area (TPSA) is 49.4 Å². The summed E-state index contributed by atoms with van der Waals surface area (Å²) in [5.41, 5.74) is 0. The van der Waals surface area contributed by atoms with Gasteiger partial charge in [-0.2, -0.15) is 0 Å². The lowest BCUT2D eigenvalue weighted by molar-refractivity contribution is -0.135. The predicted octanol–water partition coefficient (Wildman–Crippen LogP) is 1.48. The molecule has 0 bridgehead atoms. The molecule has 0 radical (unpaired) electrons. The van der Waals surface area contributed by atoms with Crippen molar-refractivity contribution in [2.24, 2.45) is 11.8 Å². The zero-order chi connectivity index (χ0) is 13.6. The highest BCUT2D eigenvalue weighted by molar-refractivity contribution is 6.19. The zero-order valence-electron chi connectivity index (χ0n) is 11.3. The van der Waals surface area contributed by atoms with E-state index in [4.69, 9.17) is 11.6 Å². The third kappa shape index (κ3) is 5.91. The summed E-state index contributed by atoms with van der Waals surface area (Å²) in [5.74, 6) is 0.0857. The van der Waals surface area contributed by atoms with Gasteiger partial charge >= 0.3 is 0 Å². The minimum atomic E-state index is -0.455. The average Bonchev–Trinajstić information content (AvgIpc) is 2.24. The van der Waals surface area contributed by atoms with E-state index in [9.17, 15) is 9.59 Å². The van der Waals surface area contributed by atoms with E-state index in [0.29, 0.717) is 12.3 Å². The Morgan fingerprint density at radius 3 is 2.12 bits per heavy atom. The lowest BCUT2D eigenvalue weighted by atomic mass is 10.0. The second kappa shape index (κ2) is 7.54. The van der Waals surface area contributed by atoms with Crippen molar-refractivity contribution in [1.82, 2.24) is 10.2 Å². The van der Waals surface area contributed by atoms with E-state index >= 15 is 0 Å². The molecule has 0 saturated carbocycles. The SMILES string of the molecule is CC(C)CC(NC(=O)C(C)CCl)C(=O)N(C)C. The second-order valence-electron chi connectivity index (χ2n) is 4.98. The van der Waals surface area contributed by atoms with Crippen molar-refractivity contribution >= 4 is 23.4 Å². The molecule has 1 N–H and O–H groups in total. The second-order valence-corrected chi connectivity index (χ2v) is 5.29. The number of nitrogens with one attached hydrogen (secondary N) is 1. The van der Waals surface area contributed by atoms with Crippen LogP contribution in [0.3, 0.4) is 0 Å². The average molecular weight is 263 g/mol. The highest BCUT2D eigenvalue weighted by Gasteiger charge is 2.24. The number of carbonyl (C=O) groups is 2. The van der Waals surface area contributed by atoms with Crippen LogP contribution in [-0.4, -0.2) is 42.7 Å². The van der Waals surface area contributed by atoms with Crippen molar-refractivity contribution in [1.29, 1.82) is 0 Å². The third-order valence-corrected chi connectivity index (χ3v) is 2.90. The van der Waals surface area contributed by atoms with Crippen LogP contribution in [0.15, 0.2) is 0 Å². The van der Waals surface area contributed by atoms with Gasteiger partial charge < -0.3 is 10.2 Å². The van der Waals surface area contributed by atoms with Crippen LogP contribution in [0.25, 0.3) is 0 Å². The fraction of sp³-hybridized carbons (Fsp3) is 0.833. The fourth-order valence-corrected chi connectivity index (χ4v) is 1.53. The Kier molecular flexibility index (Phi) is 7.19. The molecule has 0 spiro atoms. The molecule has 0 aromatic carbocycles.